The zero-order valence-electron chi connectivity index (χ0n) is 13.3. The highest BCUT2D eigenvalue weighted by molar-refractivity contribution is 5.76. The number of carbonyl (C=O) groups excluding carboxylic acids is 1. The van der Waals surface area contributed by atoms with Gasteiger partial charge in [0.2, 0.25) is 5.91 Å². The van der Waals surface area contributed by atoms with Crippen molar-refractivity contribution < 1.29 is 9.53 Å². The predicted octanol–water partition coefficient (Wildman–Crippen LogP) is 0.444. The molecule has 6 heteroatoms. The standard InChI is InChI=1S/C16H24N4O2/c1-19(2)15-10-22-9-13-7-20(8-14(13)15)16(21)4-3-12-5-17-11-18-6-12/h5-6,11,13-15H,3-4,7-10H2,1-2H3/t13-,14-,15-/m1/s1. The summed E-state index contributed by atoms with van der Waals surface area (Å²) in [7, 11) is 4.19. The highest BCUT2D eigenvalue weighted by Gasteiger charge is 2.42. The van der Waals surface area contributed by atoms with Crippen LogP contribution >= 0.6 is 0 Å². The Morgan fingerprint density at radius 1 is 1.32 bits per heavy atom. The van der Waals surface area contributed by atoms with Gasteiger partial charge in [0.1, 0.15) is 6.33 Å². The van der Waals surface area contributed by atoms with Crippen LogP contribution in [0.2, 0.25) is 0 Å². The second-order valence-electron chi connectivity index (χ2n) is 6.54. The molecule has 22 heavy (non-hydrogen) atoms. The number of fused-ring (bicyclic) bond motifs is 1. The molecule has 120 valence electrons. The van der Waals surface area contributed by atoms with Gasteiger partial charge in [-0.25, -0.2) is 9.97 Å². The minimum atomic E-state index is 0.232. The largest absolute Gasteiger partial charge is 0.379 e. The van der Waals surface area contributed by atoms with E-state index < -0.39 is 0 Å². The van der Waals surface area contributed by atoms with Gasteiger partial charge in [0.15, 0.2) is 0 Å². The highest BCUT2D eigenvalue weighted by Crippen LogP contribution is 2.32. The van der Waals surface area contributed by atoms with Gasteiger partial charge in [-0.3, -0.25) is 4.79 Å². The smallest absolute Gasteiger partial charge is 0.222 e. The summed E-state index contributed by atoms with van der Waals surface area (Å²) in [5.41, 5.74) is 1.02. The Balaban J connectivity index is 1.56. The number of rotatable bonds is 4. The van der Waals surface area contributed by atoms with Gasteiger partial charge in [0, 0.05) is 49.8 Å². The highest BCUT2D eigenvalue weighted by atomic mass is 16.5. The van der Waals surface area contributed by atoms with Gasteiger partial charge in [0.05, 0.1) is 13.2 Å². The summed E-state index contributed by atoms with van der Waals surface area (Å²) in [6, 6.07) is 0.416. The molecular formula is C16H24N4O2. The molecule has 1 aromatic rings. The monoisotopic (exact) mass is 304 g/mol. The molecule has 0 N–H and O–H groups in total. The number of aromatic nitrogens is 2. The summed E-state index contributed by atoms with van der Waals surface area (Å²) in [6.07, 6.45) is 6.30. The Hall–Kier alpha value is -1.53. The lowest BCUT2D eigenvalue weighted by atomic mass is 9.87. The molecule has 3 heterocycles. The minimum Gasteiger partial charge on any atom is -0.379 e. The van der Waals surface area contributed by atoms with E-state index in [9.17, 15) is 4.79 Å². The summed E-state index contributed by atoms with van der Waals surface area (Å²) < 4.78 is 5.72. The number of hydrogen-bond acceptors (Lipinski definition) is 5. The van der Waals surface area contributed by atoms with Gasteiger partial charge in [-0.1, -0.05) is 0 Å². The summed E-state index contributed by atoms with van der Waals surface area (Å²) >= 11 is 0. The lowest BCUT2D eigenvalue weighted by molar-refractivity contribution is -0.130. The van der Waals surface area contributed by atoms with Crippen LogP contribution in [0.4, 0.5) is 0 Å². The van der Waals surface area contributed by atoms with Crippen molar-refractivity contribution in [3.8, 4) is 0 Å². The molecule has 2 fully saturated rings. The van der Waals surface area contributed by atoms with E-state index in [0.717, 1.165) is 31.9 Å². The summed E-state index contributed by atoms with van der Waals surface area (Å²) in [4.78, 5) is 24.7. The molecule has 0 spiro atoms. The number of amides is 1. The fourth-order valence-electron chi connectivity index (χ4n) is 3.58. The summed E-state index contributed by atoms with van der Waals surface area (Å²) in [6.45, 7) is 3.25. The van der Waals surface area contributed by atoms with Crippen molar-refractivity contribution >= 4 is 5.91 Å². The molecule has 0 bridgehead atoms. The van der Waals surface area contributed by atoms with Gasteiger partial charge >= 0.3 is 0 Å². The van der Waals surface area contributed by atoms with Crippen molar-refractivity contribution in [2.24, 2.45) is 11.8 Å². The number of hydrogen-bond donors (Lipinski definition) is 0. The predicted molar refractivity (Wildman–Crippen MR) is 82.2 cm³/mol. The van der Waals surface area contributed by atoms with E-state index in [-0.39, 0.29) is 5.91 Å². The third-order valence-electron chi connectivity index (χ3n) is 4.86. The van der Waals surface area contributed by atoms with Crippen LogP contribution in [0.25, 0.3) is 0 Å². The fraction of sp³-hybridized carbons (Fsp3) is 0.688. The molecule has 0 saturated carbocycles. The average molecular weight is 304 g/mol. The van der Waals surface area contributed by atoms with Crippen LogP contribution in [0.1, 0.15) is 12.0 Å². The molecule has 1 amide bonds. The van der Waals surface area contributed by atoms with Crippen molar-refractivity contribution in [2.45, 2.75) is 18.9 Å². The number of likely N-dealkylation sites (tertiary alicyclic amines) is 1. The second-order valence-corrected chi connectivity index (χ2v) is 6.54. The first-order chi connectivity index (χ1) is 10.6. The Bertz CT molecular complexity index is 508. The molecule has 0 aliphatic carbocycles. The number of carbonyl (C=O) groups is 1. The van der Waals surface area contributed by atoms with E-state index in [4.69, 9.17) is 4.74 Å². The fourth-order valence-corrected chi connectivity index (χ4v) is 3.58. The maximum atomic E-state index is 12.5. The van der Waals surface area contributed by atoms with Crippen molar-refractivity contribution in [3.63, 3.8) is 0 Å². The van der Waals surface area contributed by atoms with E-state index in [2.05, 4.69) is 29.0 Å². The molecule has 2 aliphatic heterocycles. The normalized spacial score (nSPS) is 28.0. The number of nitrogens with zero attached hydrogens (tertiary/aromatic N) is 4. The Kier molecular flexibility index (Phi) is 4.69. The van der Waals surface area contributed by atoms with Crippen LogP contribution in [0.15, 0.2) is 18.7 Å². The Labute approximate surface area is 131 Å². The first-order valence-corrected chi connectivity index (χ1v) is 7.91. The molecular weight excluding hydrogens is 280 g/mol. The van der Waals surface area contributed by atoms with Crippen molar-refractivity contribution in [3.05, 3.63) is 24.3 Å². The van der Waals surface area contributed by atoms with Crippen LogP contribution in [0, 0.1) is 11.8 Å². The van der Waals surface area contributed by atoms with E-state index in [0.29, 0.717) is 30.7 Å². The topological polar surface area (TPSA) is 58.6 Å². The average Bonchev–Trinajstić information content (AvgIpc) is 2.97. The summed E-state index contributed by atoms with van der Waals surface area (Å²) in [5.74, 6) is 1.24. The quantitative estimate of drug-likeness (QED) is 0.808. The van der Waals surface area contributed by atoms with Crippen LogP contribution < -0.4 is 0 Å². The Morgan fingerprint density at radius 3 is 2.82 bits per heavy atom. The maximum absolute atomic E-state index is 12.5. The molecule has 1 aromatic heterocycles. The molecule has 0 radical (unpaired) electrons. The van der Waals surface area contributed by atoms with E-state index in [1.54, 1.807) is 12.4 Å². The van der Waals surface area contributed by atoms with Crippen LogP contribution in [0.5, 0.6) is 0 Å². The van der Waals surface area contributed by atoms with E-state index in [1.165, 1.54) is 6.33 Å². The molecule has 3 rings (SSSR count). The van der Waals surface area contributed by atoms with Gasteiger partial charge in [0.25, 0.3) is 0 Å². The first-order valence-electron chi connectivity index (χ1n) is 7.91. The van der Waals surface area contributed by atoms with Crippen LogP contribution in [0.3, 0.4) is 0 Å². The Morgan fingerprint density at radius 2 is 2.09 bits per heavy atom. The lowest BCUT2D eigenvalue weighted by Gasteiger charge is -2.36. The number of likely N-dealkylation sites (N-methyl/N-ethyl adjacent to an activating group) is 1. The third kappa shape index (κ3) is 3.28. The SMILES string of the molecule is CN(C)[C@@H]1COC[C@H]2CN(C(=O)CCc3cncnc3)C[C@H]21. The summed E-state index contributed by atoms with van der Waals surface area (Å²) in [5, 5.41) is 0. The van der Waals surface area contributed by atoms with Gasteiger partial charge in [-0.2, -0.15) is 0 Å². The number of aryl methyl sites for hydroxylation is 1. The van der Waals surface area contributed by atoms with E-state index >= 15 is 0 Å². The van der Waals surface area contributed by atoms with Gasteiger partial charge < -0.3 is 14.5 Å². The van der Waals surface area contributed by atoms with Crippen LogP contribution in [-0.4, -0.2) is 72.1 Å². The zero-order chi connectivity index (χ0) is 15.5. The molecule has 2 aliphatic rings. The van der Waals surface area contributed by atoms with E-state index in [1.807, 2.05) is 4.90 Å². The molecule has 6 nitrogen and oxygen atoms in total. The minimum absolute atomic E-state index is 0.232. The van der Waals surface area contributed by atoms with Crippen molar-refractivity contribution in [1.29, 1.82) is 0 Å². The second kappa shape index (κ2) is 6.71. The maximum Gasteiger partial charge on any atom is 0.222 e. The third-order valence-corrected chi connectivity index (χ3v) is 4.86. The molecule has 0 aromatic carbocycles. The molecule has 2 saturated heterocycles. The number of ether oxygens (including phenoxy) is 1. The first kappa shape index (κ1) is 15.4. The molecule has 3 atom stereocenters. The van der Waals surface area contributed by atoms with Crippen molar-refractivity contribution in [2.75, 3.05) is 40.4 Å². The zero-order valence-corrected chi connectivity index (χ0v) is 13.3. The van der Waals surface area contributed by atoms with Gasteiger partial charge in [-0.05, 0) is 26.1 Å². The lowest BCUT2D eigenvalue weighted by Crippen LogP contribution is -2.47. The van der Waals surface area contributed by atoms with Gasteiger partial charge in [-0.15, -0.1) is 0 Å². The van der Waals surface area contributed by atoms with Crippen molar-refractivity contribution in [1.82, 2.24) is 19.8 Å². The molecule has 0 unspecified atom stereocenters. The van der Waals surface area contributed by atoms with Crippen LogP contribution in [-0.2, 0) is 16.0 Å².